The van der Waals surface area contributed by atoms with E-state index < -0.39 is 66.1 Å². The average molecular weight is 631 g/mol. The Morgan fingerprint density at radius 1 is 0.889 bits per heavy atom. The molecule has 2 rings (SSSR count). The highest BCUT2D eigenvalue weighted by molar-refractivity contribution is 6.05. The Morgan fingerprint density at radius 2 is 1.53 bits per heavy atom. The topological polar surface area (TPSA) is 217 Å². The summed E-state index contributed by atoms with van der Waals surface area (Å²) in [5, 5.41) is 19.6. The third kappa shape index (κ3) is 11.2. The van der Waals surface area contributed by atoms with Gasteiger partial charge in [0.05, 0.1) is 24.2 Å². The fourth-order valence-corrected chi connectivity index (χ4v) is 5.42. The van der Waals surface area contributed by atoms with Gasteiger partial charge in [-0.05, 0) is 50.7 Å². The van der Waals surface area contributed by atoms with Gasteiger partial charge < -0.3 is 37.0 Å². The first-order valence-corrected chi connectivity index (χ1v) is 15.5. The van der Waals surface area contributed by atoms with Gasteiger partial charge in [-0.15, -0.1) is 0 Å². The molecular weight excluding hydrogens is 584 g/mol. The van der Waals surface area contributed by atoms with Gasteiger partial charge >= 0.3 is 5.97 Å². The van der Waals surface area contributed by atoms with Crippen molar-refractivity contribution in [3.8, 4) is 0 Å². The molecule has 1 aromatic rings. The summed E-state index contributed by atoms with van der Waals surface area (Å²) in [5.41, 5.74) is 4.86. The van der Waals surface area contributed by atoms with Crippen molar-refractivity contribution in [2.24, 2.45) is 11.7 Å². The second kappa shape index (κ2) is 18.3. The highest BCUT2D eigenvalue weighted by atomic mass is 16.4. The SMILES string of the molecule is CCCC(NC(=O)CNC(=O)c1ccccc1C(=O)O)C(=O)N(CCC)[C@H](C)C(=O)NC(C(=O)NCC(N)=O)C1CCCCC1. The van der Waals surface area contributed by atoms with E-state index in [9.17, 15) is 38.7 Å². The number of nitrogens with two attached hydrogens (primary N) is 1. The quantitative estimate of drug-likeness (QED) is 0.144. The van der Waals surface area contributed by atoms with Gasteiger partial charge in [-0.2, -0.15) is 0 Å². The molecule has 0 heterocycles. The van der Waals surface area contributed by atoms with Gasteiger partial charge in [-0.3, -0.25) is 28.8 Å². The first-order valence-electron chi connectivity index (χ1n) is 15.5. The summed E-state index contributed by atoms with van der Waals surface area (Å²) in [6.45, 7) is 4.55. The van der Waals surface area contributed by atoms with Gasteiger partial charge in [-0.25, -0.2) is 4.79 Å². The van der Waals surface area contributed by atoms with Crippen LogP contribution < -0.4 is 27.0 Å². The largest absolute Gasteiger partial charge is 0.478 e. The minimum atomic E-state index is -1.29. The summed E-state index contributed by atoms with van der Waals surface area (Å²) in [6, 6.07) is 2.69. The lowest BCUT2D eigenvalue weighted by atomic mass is 9.83. The number of benzene rings is 1. The van der Waals surface area contributed by atoms with Crippen molar-refractivity contribution in [3.63, 3.8) is 0 Å². The van der Waals surface area contributed by atoms with Crippen molar-refractivity contribution in [3.05, 3.63) is 35.4 Å². The van der Waals surface area contributed by atoms with Crippen LogP contribution in [0, 0.1) is 5.92 Å². The lowest BCUT2D eigenvalue weighted by Gasteiger charge is -2.34. The standard InChI is InChI=1S/C31H46N6O8/c1-4-11-23(35-25(39)18-34-28(41)21-14-9-10-15-22(21)31(44)45)30(43)37(16-5-2)19(3)27(40)36-26(20-12-7-6-8-13-20)29(42)33-17-24(32)38/h9-10,14-15,19-20,23,26H,4-8,11-13,16-18H2,1-3H3,(H2,32,38)(H,33,42)(H,34,41)(H,35,39)(H,36,40)(H,44,45)/t19-,23?,26?/m1/s1. The van der Waals surface area contributed by atoms with Gasteiger partial charge in [-0.1, -0.05) is 51.7 Å². The first-order chi connectivity index (χ1) is 21.4. The van der Waals surface area contributed by atoms with Gasteiger partial charge in [0.25, 0.3) is 5.91 Å². The number of nitrogens with zero attached hydrogens (tertiary/aromatic N) is 1. The molecule has 14 nitrogen and oxygen atoms in total. The molecule has 0 saturated heterocycles. The van der Waals surface area contributed by atoms with Crippen molar-refractivity contribution in [1.29, 1.82) is 0 Å². The van der Waals surface area contributed by atoms with E-state index in [1.54, 1.807) is 6.92 Å². The maximum Gasteiger partial charge on any atom is 0.336 e. The molecule has 248 valence electrons. The predicted molar refractivity (Wildman–Crippen MR) is 165 cm³/mol. The molecular formula is C31H46N6O8. The van der Waals surface area contributed by atoms with Crippen LogP contribution in [0.4, 0.5) is 0 Å². The summed E-state index contributed by atoms with van der Waals surface area (Å²) in [4.78, 5) is 89.6. The van der Waals surface area contributed by atoms with E-state index >= 15 is 0 Å². The van der Waals surface area contributed by atoms with Crippen molar-refractivity contribution in [2.75, 3.05) is 19.6 Å². The number of nitrogens with one attached hydrogen (secondary N) is 4. The number of hydrogen-bond acceptors (Lipinski definition) is 7. The number of carbonyl (C=O) groups is 7. The van der Waals surface area contributed by atoms with E-state index in [0.717, 1.165) is 32.1 Å². The Labute approximate surface area is 263 Å². The highest BCUT2D eigenvalue weighted by Crippen LogP contribution is 2.27. The van der Waals surface area contributed by atoms with Gasteiger partial charge in [0.1, 0.15) is 18.1 Å². The van der Waals surface area contributed by atoms with Crippen LogP contribution in [0.25, 0.3) is 0 Å². The Morgan fingerprint density at radius 3 is 2.11 bits per heavy atom. The van der Waals surface area contributed by atoms with Gasteiger partial charge in [0.15, 0.2) is 0 Å². The highest BCUT2D eigenvalue weighted by Gasteiger charge is 2.36. The van der Waals surface area contributed by atoms with Crippen LogP contribution in [-0.2, 0) is 24.0 Å². The smallest absolute Gasteiger partial charge is 0.336 e. The third-order valence-electron chi connectivity index (χ3n) is 7.76. The number of carboxylic acid groups (broad SMARTS) is 1. The zero-order valence-corrected chi connectivity index (χ0v) is 26.2. The van der Waals surface area contributed by atoms with E-state index in [-0.39, 0.29) is 36.6 Å². The summed E-state index contributed by atoms with van der Waals surface area (Å²) in [6.07, 6.45) is 5.59. The van der Waals surface area contributed by atoms with Crippen LogP contribution >= 0.6 is 0 Å². The molecule has 0 spiro atoms. The lowest BCUT2D eigenvalue weighted by molar-refractivity contribution is -0.144. The molecule has 1 aliphatic carbocycles. The second-order valence-electron chi connectivity index (χ2n) is 11.2. The zero-order valence-electron chi connectivity index (χ0n) is 26.2. The molecule has 7 N–H and O–H groups in total. The van der Waals surface area contributed by atoms with Crippen molar-refractivity contribution < 1.29 is 38.7 Å². The molecule has 1 aliphatic rings. The van der Waals surface area contributed by atoms with Crippen LogP contribution in [0.3, 0.4) is 0 Å². The minimum Gasteiger partial charge on any atom is -0.478 e. The third-order valence-corrected chi connectivity index (χ3v) is 7.76. The van der Waals surface area contributed by atoms with E-state index in [2.05, 4.69) is 21.3 Å². The average Bonchev–Trinajstić information content (AvgIpc) is 3.03. The Bertz CT molecular complexity index is 1230. The van der Waals surface area contributed by atoms with Crippen LogP contribution in [0.15, 0.2) is 24.3 Å². The predicted octanol–water partition coefficient (Wildman–Crippen LogP) is 0.693. The number of hydrogen-bond donors (Lipinski definition) is 6. The van der Waals surface area contributed by atoms with Crippen LogP contribution in [0.5, 0.6) is 0 Å². The van der Waals surface area contributed by atoms with Gasteiger partial charge in [0.2, 0.25) is 29.5 Å². The monoisotopic (exact) mass is 630 g/mol. The Hall–Kier alpha value is -4.49. The molecule has 1 saturated carbocycles. The number of carbonyl (C=O) groups excluding carboxylic acids is 6. The summed E-state index contributed by atoms with van der Waals surface area (Å²) >= 11 is 0. The summed E-state index contributed by atoms with van der Waals surface area (Å²) < 4.78 is 0. The second-order valence-corrected chi connectivity index (χ2v) is 11.2. The number of primary amides is 1. The summed E-state index contributed by atoms with van der Waals surface area (Å²) in [7, 11) is 0. The maximum atomic E-state index is 13.7. The lowest BCUT2D eigenvalue weighted by Crippen LogP contribution is -2.59. The van der Waals surface area contributed by atoms with Crippen molar-refractivity contribution in [2.45, 2.75) is 90.3 Å². The van der Waals surface area contributed by atoms with E-state index in [1.807, 2.05) is 13.8 Å². The zero-order chi connectivity index (χ0) is 33.5. The van der Waals surface area contributed by atoms with E-state index in [4.69, 9.17) is 5.73 Å². The van der Waals surface area contributed by atoms with Crippen molar-refractivity contribution in [1.82, 2.24) is 26.2 Å². The van der Waals surface area contributed by atoms with Crippen LogP contribution in [0.1, 0.15) is 92.9 Å². The number of carboxylic acids is 1. The van der Waals surface area contributed by atoms with Gasteiger partial charge in [0, 0.05) is 6.54 Å². The normalized spacial score (nSPS) is 15.1. The fraction of sp³-hybridized carbons (Fsp3) is 0.581. The Balaban J connectivity index is 2.13. The molecule has 0 bridgehead atoms. The number of rotatable bonds is 17. The summed E-state index contributed by atoms with van der Waals surface area (Å²) in [5.74, 6) is -5.12. The molecule has 6 amide bonds. The molecule has 0 aromatic heterocycles. The molecule has 2 unspecified atom stereocenters. The van der Waals surface area contributed by atoms with E-state index in [1.165, 1.54) is 29.2 Å². The molecule has 3 atom stereocenters. The maximum absolute atomic E-state index is 13.7. The van der Waals surface area contributed by atoms with Crippen LogP contribution in [0.2, 0.25) is 0 Å². The molecule has 1 aromatic carbocycles. The fourth-order valence-electron chi connectivity index (χ4n) is 5.42. The minimum absolute atomic E-state index is 0.109. The molecule has 0 radical (unpaired) electrons. The molecule has 14 heteroatoms. The number of amides is 6. The molecule has 1 fully saturated rings. The number of aromatic carboxylic acids is 1. The van der Waals surface area contributed by atoms with Crippen LogP contribution in [-0.4, -0.2) is 89.2 Å². The molecule has 0 aliphatic heterocycles. The Kier molecular flexibility index (Phi) is 15.0. The molecule has 45 heavy (non-hydrogen) atoms. The first kappa shape index (κ1) is 36.7. The van der Waals surface area contributed by atoms with E-state index in [0.29, 0.717) is 12.8 Å². The van der Waals surface area contributed by atoms with Crippen molar-refractivity contribution >= 4 is 41.4 Å².